The molecule has 0 bridgehead atoms. The van der Waals surface area contributed by atoms with Crippen molar-refractivity contribution in [3.8, 4) is 0 Å². The second-order valence-electron chi connectivity index (χ2n) is 7.66. The topological polar surface area (TPSA) is 164 Å². The van der Waals surface area contributed by atoms with Gasteiger partial charge in [0, 0.05) is 34.9 Å². The fraction of sp³-hybridized carbons (Fsp3) is 0. The molecule has 0 fully saturated rings. The molecule has 1 heterocycles. The second kappa shape index (κ2) is 8.31. The van der Waals surface area contributed by atoms with Gasteiger partial charge in [0.1, 0.15) is 4.90 Å². The molecule has 1 aliphatic rings. The van der Waals surface area contributed by atoms with Crippen LogP contribution in [-0.4, -0.2) is 34.5 Å². The van der Waals surface area contributed by atoms with E-state index in [0.717, 1.165) is 6.07 Å². The molecule has 3 aromatic carbocycles. The van der Waals surface area contributed by atoms with Crippen molar-refractivity contribution in [2.75, 3.05) is 16.4 Å². The summed E-state index contributed by atoms with van der Waals surface area (Å²) >= 11 is 0. The summed E-state index contributed by atoms with van der Waals surface area (Å²) in [6.07, 6.45) is 3.19. The molecule has 0 saturated carbocycles. The fourth-order valence-electron chi connectivity index (χ4n) is 3.89. The van der Waals surface area contributed by atoms with Crippen molar-refractivity contribution < 1.29 is 22.6 Å². The zero-order valence-electron chi connectivity index (χ0n) is 17.9. The molecule has 11 heteroatoms. The van der Waals surface area contributed by atoms with Crippen molar-refractivity contribution in [1.82, 2.24) is 9.97 Å². The molecular weight excluding hydrogens is 470 g/mol. The summed E-state index contributed by atoms with van der Waals surface area (Å²) in [7, 11) is -4.79. The van der Waals surface area contributed by atoms with E-state index in [9.17, 15) is 22.6 Å². The Morgan fingerprint density at radius 3 is 1.89 bits per heavy atom. The number of aromatic nitrogens is 2. The summed E-state index contributed by atoms with van der Waals surface area (Å²) in [5.41, 5.74) is 6.63. The Hall–Kier alpha value is -4.61. The lowest BCUT2D eigenvalue weighted by molar-refractivity contribution is 0.0980. The minimum atomic E-state index is -4.79. The Morgan fingerprint density at radius 2 is 1.31 bits per heavy atom. The van der Waals surface area contributed by atoms with Crippen LogP contribution in [0.3, 0.4) is 0 Å². The highest BCUT2D eigenvalue weighted by atomic mass is 32.2. The molecule has 1 aromatic heterocycles. The predicted octanol–water partition coefficient (Wildman–Crippen LogP) is 3.57. The Kier molecular flexibility index (Phi) is 5.27. The number of anilines is 5. The van der Waals surface area contributed by atoms with Gasteiger partial charge in [-0.05, 0) is 36.4 Å². The molecule has 0 amide bonds. The number of hydrogen-bond acceptors (Lipinski definition) is 9. The summed E-state index contributed by atoms with van der Waals surface area (Å²) in [4.78, 5) is 34.1. The van der Waals surface area contributed by atoms with Gasteiger partial charge < -0.3 is 16.4 Å². The molecule has 174 valence electrons. The van der Waals surface area contributed by atoms with Gasteiger partial charge in [-0.3, -0.25) is 14.1 Å². The monoisotopic (exact) mass is 487 g/mol. The number of nitrogens with one attached hydrogen (secondary N) is 2. The average molecular weight is 487 g/mol. The van der Waals surface area contributed by atoms with E-state index in [0.29, 0.717) is 17.3 Å². The number of carbonyl (C=O) groups is 2. The average Bonchev–Trinajstić information content (AvgIpc) is 2.84. The van der Waals surface area contributed by atoms with Crippen molar-refractivity contribution in [2.24, 2.45) is 0 Å². The smallest absolute Gasteiger partial charge is 0.296 e. The number of nitrogens with two attached hydrogens (primary N) is 1. The summed E-state index contributed by atoms with van der Waals surface area (Å²) in [6, 6.07) is 15.7. The van der Waals surface area contributed by atoms with E-state index in [2.05, 4.69) is 20.6 Å². The predicted molar refractivity (Wildman–Crippen MR) is 129 cm³/mol. The summed E-state index contributed by atoms with van der Waals surface area (Å²) < 4.78 is 33.8. The van der Waals surface area contributed by atoms with Crippen LogP contribution in [0.5, 0.6) is 0 Å². The first-order valence-electron chi connectivity index (χ1n) is 10.3. The lowest BCUT2D eigenvalue weighted by atomic mass is 9.82. The third kappa shape index (κ3) is 3.98. The number of hydrogen-bond donors (Lipinski definition) is 4. The molecule has 35 heavy (non-hydrogen) atoms. The van der Waals surface area contributed by atoms with Gasteiger partial charge >= 0.3 is 0 Å². The van der Waals surface area contributed by atoms with E-state index in [1.165, 1.54) is 12.1 Å². The number of rotatable bonds is 5. The van der Waals surface area contributed by atoms with Gasteiger partial charge in [0.25, 0.3) is 10.1 Å². The van der Waals surface area contributed by atoms with Crippen LogP contribution in [0.1, 0.15) is 31.8 Å². The Labute approximate surface area is 199 Å². The van der Waals surface area contributed by atoms with Crippen molar-refractivity contribution in [3.63, 3.8) is 0 Å². The summed E-state index contributed by atoms with van der Waals surface area (Å²) in [5.74, 6) is -0.698. The third-order valence-electron chi connectivity index (χ3n) is 5.46. The van der Waals surface area contributed by atoms with E-state index in [1.54, 1.807) is 54.9 Å². The van der Waals surface area contributed by atoms with Crippen LogP contribution in [0.2, 0.25) is 0 Å². The van der Waals surface area contributed by atoms with Crippen molar-refractivity contribution >= 4 is 50.4 Å². The molecule has 5 rings (SSSR count). The van der Waals surface area contributed by atoms with E-state index in [-0.39, 0.29) is 27.9 Å². The Bertz CT molecular complexity index is 1600. The maximum atomic E-state index is 13.4. The van der Waals surface area contributed by atoms with E-state index in [1.807, 2.05) is 0 Å². The Balaban J connectivity index is 1.59. The normalized spacial score (nSPS) is 12.6. The van der Waals surface area contributed by atoms with Crippen LogP contribution < -0.4 is 16.4 Å². The third-order valence-corrected chi connectivity index (χ3v) is 6.36. The first-order chi connectivity index (χ1) is 16.7. The molecule has 0 saturated heterocycles. The highest BCUT2D eigenvalue weighted by Crippen LogP contribution is 2.40. The molecule has 1 aliphatic carbocycles. The molecular formula is C24H17N5O5S. The molecule has 5 N–H and O–H groups in total. The zero-order chi connectivity index (χ0) is 24.7. The van der Waals surface area contributed by atoms with Crippen molar-refractivity contribution in [3.05, 3.63) is 95.3 Å². The molecule has 4 aromatic rings. The van der Waals surface area contributed by atoms with E-state index in [4.69, 9.17) is 5.73 Å². The fourth-order valence-corrected chi connectivity index (χ4v) is 4.54. The largest absolute Gasteiger partial charge is 0.397 e. The molecule has 10 nitrogen and oxygen atoms in total. The van der Waals surface area contributed by atoms with Gasteiger partial charge in [-0.15, -0.1) is 0 Å². The van der Waals surface area contributed by atoms with E-state index < -0.39 is 32.3 Å². The van der Waals surface area contributed by atoms with Gasteiger partial charge in [-0.1, -0.05) is 24.3 Å². The summed E-state index contributed by atoms with van der Waals surface area (Å²) in [6.45, 7) is 0. The van der Waals surface area contributed by atoms with Crippen LogP contribution in [-0.2, 0) is 10.1 Å². The molecule has 0 atom stereocenters. The number of carbonyl (C=O) groups excluding carboxylic acids is 2. The molecule has 0 unspecified atom stereocenters. The number of fused-ring (bicyclic) bond motifs is 2. The quantitative estimate of drug-likeness (QED) is 0.213. The maximum Gasteiger partial charge on any atom is 0.296 e. The number of nitrogens with zero attached hydrogens (tertiary/aromatic N) is 2. The highest BCUT2D eigenvalue weighted by Gasteiger charge is 2.36. The minimum Gasteiger partial charge on any atom is -0.397 e. The Morgan fingerprint density at radius 1 is 0.771 bits per heavy atom. The van der Waals surface area contributed by atoms with Crippen molar-refractivity contribution in [1.29, 1.82) is 0 Å². The van der Waals surface area contributed by atoms with Crippen LogP contribution >= 0.6 is 0 Å². The second-order valence-corrected chi connectivity index (χ2v) is 9.05. The molecule has 0 spiro atoms. The number of nitrogen functional groups attached to an aromatic ring is 1. The van der Waals surface area contributed by atoms with Crippen LogP contribution in [0, 0.1) is 0 Å². The van der Waals surface area contributed by atoms with Gasteiger partial charge in [0.05, 0.1) is 22.5 Å². The van der Waals surface area contributed by atoms with Gasteiger partial charge in [-0.2, -0.15) is 8.42 Å². The van der Waals surface area contributed by atoms with E-state index >= 15 is 0 Å². The lowest BCUT2D eigenvalue weighted by Gasteiger charge is -2.23. The molecule has 0 aliphatic heterocycles. The first kappa shape index (κ1) is 22.2. The standard InChI is InChI=1S/C24H17N5O5S/c25-21-18(35(32,33)34)12-17(19-20(21)23(31)16-5-2-1-4-15(16)22(19)30)28-13-6-8-14(9-7-13)29-24-26-10-3-11-27-24/h1-12,28H,25H2,(H,26,27,29)(H,32,33,34). The summed E-state index contributed by atoms with van der Waals surface area (Å²) in [5, 5.41) is 6.01. The first-order valence-corrected chi connectivity index (χ1v) is 11.7. The van der Waals surface area contributed by atoms with Crippen molar-refractivity contribution in [2.45, 2.75) is 4.90 Å². The van der Waals surface area contributed by atoms with Gasteiger partial charge in [0.15, 0.2) is 11.6 Å². The zero-order valence-corrected chi connectivity index (χ0v) is 18.7. The molecule has 0 radical (unpaired) electrons. The number of benzene rings is 3. The maximum absolute atomic E-state index is 13.4. The van der Waals surface area contributed by atoms with Gasteiger partial charge in [-0.25, -0.2) is 9.97 Å². The minimum absolute atomic E-state index is 0.0155. The van der Waals surface area contributed by atoms with Gasteiger partial charge in [0.2, 0.25) is 5.95 Å². The van der Waals surface area contributed by atoms with Crippen LogP contribution in [0.25, 0.3) is 0 Å². The SMILES string of the molecule is Nc1c(S(=O)(=O)O)cc(Nc2ccc(Nc3ncccn3)cc2)c2c1C(=O)c1ccccc1C2=O. The van der Waals surface area contributed by atoms with Crippen LogP contribution in [0.4, 0.5) is 28.7 Å². The van der Waals surface area contributed by atoms with Crippen LogP contribution in [0.15, 0.2) is 78.0 Å². The highest BCUT2D eigenvalue weighted by molar-refractivity contribution is 7.86. The lowest BCUT2D eigenvalue weighted by Crippen LogP contribution is -2.25. The number of ketones is 2.